The number of thiophene rings is 1. The van der Waals surface area contributed by atoms with Crippen LogP contribution in [0.1, 0.15) is 6.92 Å². The van der Waals surface area contributed by atoms with Gasteiger partial charge in [-0.05, 0) is 11.6 Å². The van der Waals surface area contributed by atoms with Crippen molar-refractivity contribution in [3.63, 3.8) is 0 Å². The fourth-order valence-electron chi connectivity index (χ4n) is 1.32. The van der Waals surface area contributed by atoms with Gasteiger partial charge in [-0.3, -0.25) is 14.9 Å². The quantitative estimate of drug-likeness (QED) is 0.398. The molecular weight excluding hydrogens is 303 g/mol. The second kappa shape index (κ2) is 4.63. The van der Waals surface area contributed by atoms with Gasteiger partial charge in [0.1, 0.15) is 0 Å². The molecule has 2 aromatic rings. The molecule has 0 spiro atoms. The monoisotopic (exact) mass is 306 g/mol. The van der Waals surface area contributed by atoms with Crippen LogP contribution in [0.25, 0.3) is 10.2 Å². The lowest BCUT2D eigenvalue weighted by molar-refractivity contribution is -0.382. The zero-order valence-corrected chi connectivity index (χ0v) is 11.1. The highest BCUT2D eigenvalue weighted by molar-refractivity contribution is 7.24. The van der Waals surface area contributed by atoms with Gasteiger partial charge in [0.2, 0.25) is 11.2 Å². The summed E-state index contributed by atoms with van der Waals surface area (Å²) in [5.41, 5.74) is -0.324. The number of carbonyl (C=O) groups is 1. The number of halogens is 2. The van der Waals surface area contributed by atoms with E-state index in [9.17, 15) is 14.9 Å². The molecule has 94 valence electrons. The van der Waals surface area contributed by atoms with Crippen LogP contribution in [0.15, 0.2) is 0 Å². The maximum Gasteiger partial charge on any atom is 0.330 e. The van der Waals surface area contributed by atoms with Crippen molar-refractivity contribution >= 4 is 61.4 Å². The Kier molecular flexibility index (Phi) is 3.33. The molecule has 0 saturated heterocycles. The van der Waals surface area contributed by atoms with E-state index in [0.717, 1.165) is 11.3 Å². The highest BCUT2D eigenvalue weighted by atomic mass is 35.5. The number of amides is 1. The van der Waals surface area contributed by atoms with Crippen molar-refractivity contribution < 1.29 is 9.72 Å². The number of anilines is 1. The van der Waals surface area contributed by atoms with Crippen molar-refractivity contribution in [2.45, 2.75) is 6.92 Å². The Morgan fingerprint density at radius 3 is 2.67 bits per heavy atom. The molecule has 1 N–H and O–H groups in total. The van der Waals surface area contributed by atoms with Crippen molar-refractivity contribution in [3.8, 4) is 0 Å². The first-order valence-corrected chi connectivity index (χ1v) is 6.05. The van der Waals surface area contributed by atoms with E-state index in [2.05, 4.69) is 15.3 Å². The number of nitro groups is 1. The number of carbonyl (C=O) groups excluding carboxylic acids is 1. The Bertz CT molecular complexity index is 672. The summed E-state index contributed by atoms with van der Waals surface area (Å²) in [5, 5.41) is 13.2. The number of hydrogen-bond donors (Lipinski definition) is 1. The van der Waals surface area contributed by atoms with Crippen molar-refractivity contribution in [2.75, 3.05) is 5.32 Å². The number of aromatic nitrogens is 2. The predicted molar refractivity (Wildman–Crippen MR) is 68.4 cm³/mol. The number of nitrogens with zero attached hydrogens (tertiary/aromatic N) is 3. The molecule has 7 nitrogen and oxygen atoms in total. The predicted octanol–water partition coefficient (Wildman–Crippen LogP) is 2.86. The van der Waals surface area contributed by atoms with Crippen LogP contribution in [0.4, 0.5) is 10.7 Å². The third kappa shape index (κ3) is 2.22. The van der Waals surface area contributed by atoms with Gasteiger partial charge in [-0.2, -0.15) is 0 Å². The van der Waals surface area contributed by atoms with Crippen molar-refractivity contribution in [1.82, 2.24) is 9.97 Å². The lowest BCUT2D eigenvalue weighted by Crippen LogP contribution is -2.05. The second-order valence-corrected chi connectivity index (χ2v) is 4.90. The molecule has 0 bridgehead atoms. The maximum atomic E-state index is 11.0. The van der Waals surface area contributed by atoms with Crippen molar-refractivity contribution in [1.29, 1.82) is 0 Å². The zero-order valence-electron chi connectivity index (χ0n) is 8.73. The average molecular weight is 307 g/mol. The molecule has 0 aliphatic heterocycles. The summed E-state index contributed by atoms with van der Waals surface area (Å²) in [5.74, 6) is -0.431. The van der Waals surface area contributed by atoms with Gasteiger partial charge in [0.25, 0.3) is 0 Å². The van der Waals surface area contributed by atoms with Crippen LogP contribution in [0.3, 0.4) is 0 Å². The largest absolute Gasteiger partial charge is 0.330 e. The number of fused-ring (bicyclic) bond motifs is 1. The summed E-state index contributed by atoms with van der Waals surface area (Å²) in [6.07, 6.45) is 0. The maximum absolute atomic E-state index is 11.0. The molecule has 1 amide bonds. The second-order valence-electron chi connectivity index (χ2n) is 3.18. The highest BCUT2D eigenvalue weighted by Crippen LogP contribution is 2.43. The van der Waals surface area contributed by atoms with E-state index in [1.54, 1.807) is 0 Å². The van der Waals surface area contributed by atoms with Crippen LogP contribution in [-0.4, -0.2) is 20.8 Å². The van der Waals surface area contributed by atoms with Crippen LogP contribution >= 0.6 is 34.5 Å². The van der Waals surface area contributed by atoms with Gasteiger partial charge in [0.05, 0.1) is 9.62 Å². The minimum Gasteiger partial charge on any atom is -0.312 e. The Hall–Kier alpha value is -1.51. The van der Waals surface area contributed by atoms with Crippen LogP contribution < -0.4 is 5.32 Å². The van der Waals surface area contributed by atoms with Crippen LogP contribution in [0.5, 0.6) is 0 Å². The lowest BCUT2D eigenvalue weighted by Gasteiger charge is -1.96. The molecule has 0 radical (unpaired) electrons. The first kappa shape index (κ1) is 12.9. The molecule has 2 aromatic heterocycles. The standard InChI is InChI=1S/C8H4Cl2N4O3S/c1-2(15)11-7-4(14(16)17)3-5(18-7)6(9)13-8(10)12-3/h1H3,(H,11,15). The molecule has 0 aliphatic rings. The normalized spacial score (nSPS) is 10.6. The molecule has 10 heteroatoms. The van der Waals surface area contributed by atoms with E-state index in [0.29, 0.717) is 4.70 Å². The third-order valence-corrected chi connectivity index (χ3v) is 3.56. The fourth-order valence-corrected chi connectivity index (χ4v) is 2.85. The Labute approximate surface area is 114 Å². The summed E-state index contributed by atoms with van der Waals surface area (Å²) in [6.45, 7) is 1.24. The smallest absolute Gasteiger partial charge is 0.312 e. The van der Waals surface area contributed by atoms with E-state index in [1.807, 2.05) is 0 Å². The Morgan fingerprint density at radius 2 is 2.11 bits per heavy atom. The van der Waals surface area contributed by atoms with Crippen molar-refractivity contribution in [3.05, 3.63) is 20.6 Å². The molecule has 0 saturated carbocycles. The van der Waals surface area contributed by atoms with Gasteiger partial charge in [-0.25, -0.2) is 9.97 Å². The SMILES string of the molecule is CC(=O)Nc1sc2c(Cl)nc(Cl)nc2c1[N+](=O)[O-]. The topological polar surface area (TPSA) is 98.0 Å². The first-order valence-electron chi connectivity index (χ1n) is 4.47. The average Bonchev–Trinajstić information content (AvgIpc) is 2.54. The van der Waals surface area contributed by atoms with Gasteiger partial charge in [-0.15, -0.1) is 11.3 Å². The fraction of sp³-hybridized carbons (Fsp3) is 0.125. The Balaban J connectivity index is 2.79. The van der Waals surface area contributed by atoms with E-state index in [1.165, 1.54) is 6.92 Å². The summed E-state index contributed by atoms with van der Waals surface area (Å²) in [7, 11) is 0. The minimum atomic E-state index is -0.649. The third-order valence-electron chi connectivity index (χ3n) is 1.91. The zero-order chi connectivity index (χ0) is 13.4. The molecule has 0 atom stereocenters. The highest BCUT2D eigenvalue weighted by Gasteiger charge is 2.27. The summed E-state index contributed by atoms with van der Waals surface area (Å²) in [4.78, 5) is 28.8. The molecule has 2 rings (SSSR count). The van der Waals surface area contributed by atoms with E-state index in [4.69, 9.17) is 23.2 Å². The molecule has 0 aromatic carbocycles. The van der Waals surface area contributed by atoms with Crippen LogP contribution in [0.2, 0.25) is 10.4 Å². The van der Waals surface area contributed by atoms with Gasteiger partial charge in [0.15, 0.2) is 15.7 Å². The van der Waals surface area contributed by atoms with Gasteiger partial charge >= 0.3 is 5.69 Å². The van der Waals surface area contributed by atoms with Gasteiger partial charge < -0.3 is 5.32 Å². The molecule has 18 heavy (non-hydrogen) atoms. The molecule has 0 unspecified atom stereocenters. The van der Waals surface area contributed by atoms with E-state index in [-0.39, 0.29) is 26.6 Å². The van der Waals surface area contributed by atoms with Crippen LogP contribution in [-0.2, 0) is 4.79 Å². The summed E-state index contributed by atoms with van der Waals surface area (Å²) >= 11 is 12.4. The number of rotatable bonds is 2. The number of nitrogens with one attached hydrogen (secondary N) is 1. The number of hydrogen-bond acceptors (Lipinski definition) is 6. The van der Waals surface area contributed by atoms with Crippen LogP contribution in [0, 0.1) is 10.1 Å². The van der Waals surface area contributed by atoms with Gasteiger partial charge in [-0.1, -0.05) is 11.6 Å². The van der Waals surface area contributed by atoms with E-state index >= 15 is 0 Å². The lowest BCUT2D eigenvalue weighted by atomic mass is 10.4. The Morgan fingerprint density at radius 1 is 1.44 bits per heavy atom. The molecular formula is C8H4Cl2N4O3S. The van der Waals surface area contributed by atoms with E-state index < -0.39 is 10.8 Å². The van der Waals surface area contributed by atoms with Gasteiger partial charge in [0, 0.05) is 6.92 Å². The summed E-state index contributed by atoms with van der Waals surface area (Å²) < 4.78 is 0.302. The molecule has 2 heterocycles. The minimum absolute atomic E-state index is 0.00898. The first-order chi connectivity index (χ1) is 8.40. The molecule has 0 fully saturated rings. The van der Waals surface area contributed by atoms with Crippen molar-refractivity contribution in [2.24, 2.45) is 0 Å². The molecule has 0 aliphatic carbocycles. The summed E-state index contributed by atoms with van der Waals surface area (Å²) in [6, 6.07) is 0.